The summed E-state index contributed by atoms with van der Waals surface area (Å²) in [5, 5.41) is 22.3. The van der Waals surface area contributed by atoms with Crippen molar-refractivity contribution in [1.29, 1.82) is 0 Å². The average molecular weight is 289 g/mol. The van der Waals surface area contributed by atoms with Crippen LogP contribution in [0.1, 0.15) is 26.7 Å². The van der Waals surface area contributed by atoms with Crippen molar-refractivity contribution in [2.75, 3.05) is 26.2 Å². The standard InChI is InChI=1S/C12H23N3O5/c1-3-15(4-2)10(17)6-8-14-12(20)13-7-5-9(16)11(18)19/h9,16H,3-8H2,1-2H3,(H,18,19)(H2,13,14,20). The highest BCUT2D eigenvalue weighted by molar-refractivity contribution is 5.78. The Morgan fingerprint density at radius 1 is 1.10 bits per heavy atom. The van der Waals surface area contributed by atoms with E-state index < -0.39 is 18.1 Å². The van der Waals surface area contributed by atoms with Crippen LogP contribution in [0.25, 0.3) is 0 Å². The van der Waals surface area contributed by atoms with Gasteiger partial charge >= 0.3 is 12.0 Å². The Morgan fingerprint density at radius 3 is 2.15 bits per heavy atom. The second-order valence-corrected chi connectivity index (χ2v) is 4.14. The van der Waals surface area contributed by atoms with Gasteiger partial charge in [0, 0.05) is 39.0 Å². The molecule has 8 heteroatoms. The summed E-state index contributed by atoms with van der Waals surface area (Å²) in [5.74, 6) is -1.35. The number of carboxylic acid groups (broad SMARTS) is 1. The van der Waals surface area contributed by atoms with Gasteiger partial charge in [-0.2, -0.15) is 0 Å². The zero-order valence-electron chi connectivity index (χ0n) is 11.9. The Labute approximate surface area is 118 Å². The van der Waals surface area contributed by atoms with Crippen LogP contribution in [-0.2, 0) is 9.59 Å². The second-order valence-electron chi connectivity index (χ2n) is 4.14. The first-order valence-electron chi connectivity index (χ1n) is 6.62. The van der Waals surface area contributed by atoms with Crippen molar-refractivity contribution in [3.63, 3.8) is 0 Å². The minimum absolute atomic E-state index is 0.0309. The maximum Gasteiger partial charge on any atom is 0.332 e. The van der Waals surface area contributed by atoms with Gasteiger partial charge in [-0.3, -0.25) is 4.79 Å². The van der Waals surface area contributed by atoms with E-state index in [1.54, 1.807) is 4.90 Å². The number of rotatable bonds is 9. The van der Waals surface area contributed by atoms with Gasteiger partial charge in [0.05, 0.1) is 0 Å². The molecule has 0 aromatic heterocycles. The van der Waals surface area contributed by atoms with Gasteiger partial charge in [0.15, 0.2) is 6.10 Å². The lowest BCUT2D eigenvalue weighted by atomic mass is 10.2. The summed E-state index contributed by atoms with van der Waals surface area (Å²) in [6, 6.07) is -0.491. The topological polar surface area (TPSA) is 119 Å². The Hall–Kier alpha value is -1.83. The van der Waals surface area contributed by atoms with Gasteiger partial charge < -0.3 is 25.7 Å². The van der Waals surface area contributed by atoms with Crippen LogP contribution in [-0.4, -0.2) is 65.3 Å². The van der Waals surface area contributed by atoms with E-state index in [1.165, 1.54) is 0 Å². The van der Waals surface area contributed by atoms with Crippen molar-refractivity contribution in [2.24, 2.45) is 0 Å². The molecule has 4 N–H and O–H groups in total. The van der Waals surface area contributed by atoms with Crippen LogP contribution in [0.5, 0.6) is 0 Å². The Morgan fingerprint density at radius 2 is 1.65 bits per heavy atom. The van der Waals surface area contributed by atoms with Crippen LogP contribution in [0.15, 0.2) is 0 Å². The molecule has 0 spiro atoms. The molecule has 116 valence electrons. The number of nitrogens with zero attached hydrogens (tertiary/aromatic N) is 1. The molecule has 1 atom stereocenters. The van der Waals surface area contributed by atoms with Crippen LogP contribution < -0.4 is 10.6 Å². The average Bonchev–Trinajstić information content (AvgIpc) is 2.39. The number of carbonyl (C=O) groups is 3. The van der Waals surface area contributed by atoms with E-state index in [2.05, 4.69) is 10.6 Å². The van der Waals surface area contributed by atoms with E-state index in [0.29, 0.717) is 13.1 Å². The Balaban J connectivity index is 3.73. The fourth-order valence-corrected chi connectivity index (χ4v) is 1.53. The maximum atomic E-state index is 11.6. The molecular weight excluding hydrogens is 266 g/mol. The van der Waals surface area contributed by atoms with Crippen LogP contribution in [0.2, 0.25) is 0 Å². The van der Waals surface area contributed by atoms with E-state index >= 15 is 0 Å². The van der Waals surface area contributed by atoms with Crippen molar-refractivity contribution in [3.8, 4) is 0 Å². The van der Waals surface area contributed by atoms with Gasteiger partial charge in [-0.25, -0.2) is 9.59 Å². The second kappa shape index (κ2) is 10.0. The third-order valence-electron chi connectivity index (χ3n) is 2.73. The molecular formula is C12H23N3O5. The molecule has 0 heterocycles. The SMILES string of the molecule is CCN(CC)C(=O)CCNC(=O)NCCC(O)C(=O)O. The van der Waals surface area contributed by atoms with Crippen molar-refractivity contribution in [2.45, 2.75) is 32.8 Å². The van der Waals surface area contributed by atoms with Gasteiger partial charge in [-0.15, -0.1) is 0 Å². The molecule has 1 unspecified atom stereocenters. The number of carbonyl (C=O) groups excluding carboxylic acids is 2. The van der Waals surface area contributed by atoms with Crippen molar-refractivity contribution in [3.05, 3.63) is 0 Å². The summed E-state index contributed by atoms with van der Waals surface area (Å²) in [4.78, 5) is 34.9. The molecule has 0 aliphatic carbocycles. The number of aliphatic hydroxyl groups is 1. The van der Waals surface area contributed by atoms with Gasteiger partial charge in [-0.05, 0) is 13.8 Å². The fourth-order valence-electron chi connectivity index (χ4n) is 1.53. The largest absolute Gasteiger partial charge is 0.479 e. The normalized spacial score (nSPS) is 11.6. The molecule has 0 saturated heterocycles. The molecule has 0 saturated carbocycles. The fraction of sp³-hybridized carbons (Fsp3) is 0.750. The van der Waals surface area contributed by atoms with Crippen molar-refractivity contribution < 1.29 is 24.6 Å². The molecule has 0 aliphatic heterocycles. The highest BCUT2D eigenvalue weighted by atomic mass is 16.4. The number of urea groups is 1. The number of amides is 3. The van der Waals surface area contributed by atoms with Gasteiger partial charge in [-0.1, -0.05) is 0 Å². The number of hydrogen-bond acceptors (Lipinski definition) is 4. The highest BCUT2D eigenvalue weighted by Crippen LogP contribution is 1.93. The number of nitrogens with one attached hydrogen (secondary N) is 2. The van der Waals surface area contributed by atoms with E-state index in [1.807, 2.05) is 13.8 Å². The molecule has 3 amide bonds. The maximum absolute atomic E-state index is 11.6. The minimum atomic E-state index is -1.49. The highest BCUT2D eigenvalue weighted by Gasteiger charge is 2.13. The Bertz CT molecular complexity index is 331. The van der Waals surface area contributed by atoms with Crippen LogP contribution in [0.4, 0.5) is 4.79 Å². The predicted molar refractivity (Wildman–Crippen MR) is 72.2 cm³/mol. The molecule has 0 bridgehead atoms. The molecule has 20 heavy (non-hydrogen) atoms. The predicted octanol–water partition coefficient (Wildman–Crippen LogP) is -0.620. The van der Waals surface area contributed by atoms with E-state index in [9.17, 15) is 14.4 Å². The molecule has 0 aromatic rings. The number of hydrogen-bond donors (Lipinski definition) is 4. The lowest BCUT2D eigenvalue weighted by molar-refractivity contribution is -0.146. The summed E-state index contributed by atoms with van der Waals surface area (Å²) in [5.41, 5.74) is 0. The molecule has 0 rings (SSSR count). The number of carboxylic acids is 1. The lowest BCUT2D eigenvalue weighted by Gasteiger charge is -2.18. The third kappa shape index (κ3) is 7.57. The first-order valence-corrected chi connectivity index (χ1v) is 6.62. The van der Waals surface area contributed by atoms with E-state index in [0.717, 1.165) is 0 Å². The van der Waals surface area contributed by atoms with Crippen molar-refractivity contribution in [1.82, 2.24) is 15.5 Å². The summed E-state index contributed by atoms with van der Waals surface area (Å²) in [6.45, 7) is 5.29. The van der Waals surface area contributed by atoms with Crippen molar-refractivity contribution >= 4 is 17.9 Å². The number of aliphatic carboxylic acids is 1. The lowest BCUT2D eigenvalue weighted by Crippen LogP contribution is -2.40. The molecule has 0 radical (unpaired) electrons. The smallest absolute Gasteiger partial charge is 0.332 e. The zero-order chi connectivity index (χ0) is 15.5. The molecule has 0 aliphatic rings. The summed E-state index contributed by atoms with van der Waals surface area (Å²) in [7, 11) is 0. The van der Waals surface area contributed by atoms with E-state index in [-0.39, 0.29) is 31.8 Å². The quantitative estimate of drug-likeness (QED) is 0.451. The van der Waals surface area contributed by atoms with Gasteiger partial charge in [0.25, 0.3) is 0 Å². The molecule has 8 nitrogen and oxygen atoms in total. The van der Waals surface area contributed by atoms with Gasteiger partial charge in [0.1, 0.15) is 0 Å². The third-order valence-corrected chi connectivity index (χ3v) is 2.73. The van der Waals surface area contributed by atoms with Crippen LogP contribution >= 0.6 is 0 Å². The van der Waals surface area contributed by atoms with Gasteiger partial charge in [0.2, 0.25) is 5.91 Å². The summed E-state index contributed by atoms with van der Waals surface area (Å²) >= 11 is 0. The number of aliphatic hydroxyl groups excluding tert-OH is 1. The zero-order valence-corrected chi connectivity index (χ0v) is 11.9. The van der Waals surface area contributed by atoms with Crippen LogP contribution in [0.3, 0.4) is 0 Å². The molecule has 0 fully saturated rings. The Kier molecular flexibility index (Phi) is 9.10. The summed E-state index contributed by atoms with van der Waals surface area (Å²) in [6.07, 6.45) is -1.34. The van der Waals surface area contributed by atoms with E-state index in [4.69, 9.17) is 10.2 Å². The summed E-state index contributed by atoms with van der Waals surface area (Å²) < 4.78 is 0. The monoisotopic (exact) mass is 289 g/mol. The first kappa shape index (κ1) is 18.2. The first-order chi connectivity index (χ1) is 9.42. The minimum Gasteiger partial charge on any atom is -0.479 e. The van der Waals surface area contributed by atoms with Crippen LogP contribution in [0, 0.1) is 0 Å². The molecule has 0 aromatic carbocycles.